The van der Waals surface area contributed by atoms with Crippen molar-refractivity contribution in [3.8, 4) is 17.2 Å². The molecule has 2 aromatic rings. The molecule has 0 unspecified atom stereocenters. The minimum absolute atomic E-state index is 0.0778. The van der Waals surface area contributed by atoms with E-state index in [1.807, 2.05) is 12.1 Å². The summed E-state index contributed by atoms with van der Waals surface area (Å²) in [5.41, 5.74) is -0.997. The Morgan fingerprint density at radius 2 is 1.51 bits per heavy atom. The first-order chi connectivity index (χ1) is 16.9. The Kier molecular flexibility index (Phi) is 7.16. The van der Waals surface area contributed by atoms with E-state index in [9.17, 15) is 19.2 Å². The third-order valence-electron chi connectivity index (χ3n) is 5.48. The zero-order valence-corrected chi connectivity index (χ0v) is 19.1. The molecular formula is C24H25N3O8. The molecule has 0 saturated carbocycles. The minimum atomic E-state index is -1.94. The predicted octanol–water partition coefficient (Wildman–Crippen LogP) is 2.34. The molecule has 2 aliphatic heterocycles. The molecule has 0 aliphatic carbocycles. The largest absolute Gasteiger partial charge is 0.467 e. The van der Waals surface area contributed by atoms with Crippen molar-refractivity contribution in [2.45, 2.75) is 25.5 Å². The van der Waals surface area contributed by atoms with Crippen LogP contribution in [0.4, 0.5) is 9.59 Å². The first kappa shape index (κ1) is 24.0. The number of barbiturate groups is 1. The molecule has 2 heterocycles. The number of nitrogens with zero attached hydrogens (tertiary/aromatic N) is 1. The van der Waals surface area contributed by atoms with Crippen LogP contribution in [0.3, 0.4) is 0 Å². The van der Waals surface area contributed by atoms with Crippen molar-refractivity contribution in [3.05, 3.63) is 54.1 Å². The number of nitrogens with one attached hydrogen (secondary N) is 2. The Labute approximate surface area is 201 Å². The van der Waals surface area contributed by atoms with Gasteiger partial charge in [0.25, 0.3) is 17.4 Å². The molecule has 2 fully saturated rings. The van der Waals surface area contributed by atoms with Crippen molar-refractivity contribution < 1.29 is 38.1 Å². The average molecular weight is 483 g/mol. The fourth-order valence-corrected chi connectivity index (χ4v) is 3.64. The first-order valence-corrected chi connectivity index (χ1v) is 11.1. The third-order valence-corrected chi connectivity index (χ3v) is 5.48. The van der Waals surface area contributed by atoms with Crippen LogP contribution >= 0.6 is 0 Å². The maximum absolute atomic E-state index is 12.6. The highest BCUT2D eigenvalue weighted by Crippen LogP contribution is 2.28. The highest BCUT2D eigenvalue weighted by Gasteiger charge is 2.52. The van der Waals surface area contributed by atoms with Gasteiger partial charge in [0.1, 0.15) is 23.9 Å². The number of carbonyl (C=O) groups excluding carboxylic acids is 4. The number of hydrogen-bond donors (Lipinski definition) is 2. The van der Waals surface area contributed by atoms with Crippen molar-refractivity contribution in [1.82, 2.24) is 15.5 Å². The van der Waals surface area contributed by atoms with Gasteiger partial charge in [-0.2, -0.15) is 0 Å². The molecule has 0 aromatic heterocycles. The summed E-state index contributed by atoms with van der Waals surface area (Å²) in [6.07, 6.45) is -0.395. The molecule has 0 bridgehead atoms. The molecule has 2 aliphatic rings. The second-order valence-electron chi connectivity index (χ2n) is 7.87. The van der Waals surface area contributed by atoms with Gasteiger partial charge >= 0.3 is 12.1 Å². The van der Waals surface area contributed by atoms with Crippen LogP contribution in [0.25, 0.3) is 0 Å². The van der Waals surface area contributed by atoms with Crippen LogP contribution in [-0.4, -0.2) is 60.8 Å². The van der Waals surface area contributed by atoms with Crippen molar-refractivity contribution in [2.24, 2.45) is 0 Å². The van der Waals surface area contributed by atoms with Crippen LogP contribution in [-0.2, 0) is 25.6 Å². The quantitative estimate of drug-likeness (QED) is 0.389. The maximum Gasteiger partial charge on any atom is 0.410 e. The van der Waals surface area contributed by atoms with E-state index in [-0.39, 0.29) is 24.9 Å². The summed E-state index contributed by atoms with van der Waals surface area (Å²) in [5.74, 6) is -0.378. The molecule has 35 heavy (non-hydrogen) atoms. The van der Waals surface area contributed by atoms with Gasteiger partial charge in [-0.15, -0.1) is 0 Å². The summed E-state index contributed by atoms with van der Waals surface area (Å²) in [5, 5.41) is 4.16. The van der Waals surface area contributed by atoms with Crippen LogP contribution in [0, 0.1) is 0 Å². The van der Waals surface area contributed by atoms with Crippen LogP contribution in [0.1, 0.15) is 18.9 Å². The highest BCUT2D eigenvalue weighted by molar-refractivity contribution is 6.21. The summed E-state index contributed by atoms with van der Waals surface area (Å²) in [6.45, 7) is 3.70. The van der Waals surface area contributed by atoms with Gasteiger partial charge < -0.3 is 23.8 Å². The van der Waals surface area contributed by atoms with Gasteiger partial charge in [-0.1, -0.05) is 12.1 Å². The Morgan fingerprint density at radius 1 is 0.914 bits per heavy atom. The van der Waals surface area contributed by atoms with Crippen molar-refractivity contribution in [1.29, 1.82) is 0 Å². The number of amides is 5. The van der Waals surface area contributed by atoms with Crippen molar-refractivity contribution >= 4 is 23.9 Å². The van der Waals surface area contributed by atoms with E-state index in [4.69, 9.17) is 18.9 Å². The van der Waals surface area contributed by atoms with Crippen molar-refractivity contribution in [2.75, 3.05) is 26.4 Å². The van der Waals surface area contributed by atoms with E-state index >= 15 is 0 Å². The Balaban J connectivity index is 1.41. The number of cyclic esters (lactones) is 1. The molecule has 0 radical (unpaired) electrons. The number of imide groups is 2. The molecule has 2 saturated heterocycles. The van der Waals surface area contributed by atoms with Gasteiger partial charge in [0.05, 0.1) is 13.2 Å². The zero-order chi connectivity index (χ0) is 24.8. The van der Waals surface area contributed by atoms with Gasteiger partial charge in [0.2, 0.25) is 0 Å². The molecule has 2 N–H and O–H groups in total. The molecule has 2 aromatic carbocycles. The third kappa shape index (κ3) is 5.52. The molecule has 4 rings (SSSR count). The van der Waals surface area contributed by atoms with Crippen LogP contribution in [0.15, 0.2) is 48.5 Å². The van der Waals surface area contributed by atoms with E-state index in [2.05, 4.69) is 10.6 Å². The van der Waals surface area contributed by atoms with E-state index in [0.29, 0.717) is 37.8 Å². The van der Waals surface area contributed by atoms with E-state index < -0.39 is 23.4 Å². The first-order valence-electron chi connectivity index (χ1n) is 11.1. The lowest BCUT2D eigenvalue weighted by Gasteiger charge is -2.34. The summed E-state index contributed by atoms with van der Waals surface area (Å²) in [4.78, 5) is 49.8. The van der Waals surface area contributed by atoms with Gasteiger partial charge in [-0.3, -0.25) is 20.2 Å². The normalized spacial score (nSPS) is 17.0. The lowest BCUT2D eigenvalue weighted by molar-refractivity contribution is -0.153. The molecule has 0 atom stereocenters. The lowest BCUT2D eigenvalue weighted by Crippen LogP contribution is -2.69. The number of carbonyl (C=O) groups is 4. The van der Waals surface area contributed by atoms with Crippen molar-refractivity contribution in [3.63, 3.8) is 0 Å². The number of hydrogen-bond acceptors (Lipinski definition) is 8. The Bertz CT molecular complexity index is 1080. The number of urea groups is 1. The van der Waals surface area contributed by atoms with E-state index in [1.165, 1.54) is 0 Å². The average Bonchev–Trinajstić information content (AvgIpc) is 3.24. The second-order valence-corrected chi connectivity index (χ2v) is 7.87. The zero-order valence-electron chi connectivity index (χ0n) is 19.1. The summed E-state index contributed by atoms with van der Waals surface area (Å²) >= 11 is 0. The molecule has 184 valence electrons. The van der Waals surface area contributed by atoms with Gasteiger partial charge in [-0.25, -0.2) is 9.59 Å². The number of rotatable bonds is 10. The second kappa shape index (κ2) is 10.4. The van der Waals surface area contributed by atoms with Crippen LogP contribution in [0.5, 0.6) is 17.2 Å². The SMILES string of the molecule is CCOCCC1(Oc2ccc(Oc3ccc(CN4CCOC4=O)cc3)cc2)C(=O)NC(=O)NC1=O. The molecular weight excluding hydrogens is 458 g/mol. The Hall–Kier alpha value is -4.12. The topological polar surface area (TPSA) is 132 Å². The smallest absolute Gasteiger partial charge is 0.410 e. The minimum Gasteiger partial charge on any atom is -0.467 e. The lowest BCUT2D eigenvalue weighted by atomic mass is 9.95. The van der Waals surface area contributed by atoms with Crippen LogP contribution < -0.4 is 20.1 Å². The predicted molar refractivity (Wildman–Crippen MR) is 121 cm³/mol. The molecule has 11 nitrogen and oxygen atoms in total. The summed E-state index contributed by atoms with van der Waals surface area (Å²) in [6, 6.07) is 12.8. The summed E-state index contributed by atoms with van der Waals surface area (Å²) in [7, 11) is 0. The summed E-state index contributed by atoms with van der Waals surface area (Å²) < 4.78 is 21.9. The van der Waals surface area contributed by atoms with Gasteiger partial charge in [0.15, 0.2) is 0 Å². The van der Waals surface area contributed by atoms with E-state index in [0.717, 1.165) is 5.56 Å². The van der Waals surface area contributed by atoms with Gasteiger partial charge in [0, 0.05) is 19.6 Å². The molecule has 0 spiro atoms. The fraction of sp³-hybridized carbons (Fsp3) is 0.333. The number of benzene rings is 2. The molecule has 11 heteroatoms. The molecule has 5 amide bonds. The van der Waals surface area contributed by atoms with Crippen LogP contribution in [0.2, 0.25) is 0 Å². The fourth-order valence-electron chi connectivity index (χ4n) is 3.64. The maximum atomic E-state index is 12.6. The van der Waals surface area contributed by atoms with E-state index in [1.54, 1.807) is 48.2 Å². The van der Waals surface area contributed by atoms with Gasteiger partial charge in [-0.05, 0) is 48.9 Å². The Morgan fingerprint density at radius 3 is 2.09 bits per heavy atom. The monoisotopic (exact) mass is 483 g/mol. The highest BCUT2D eigenvalue weighted by atomic mass is 16.6. The standard InChI is InChI=1S/C24H25N3O8/c1-2-32-13-11-24(20(28)25-22(30)26-21(24)29)35-19-9-7-18(8-10-19)34-17-5-3-16(4-6-17)15-27-12-14-33-23(27)31/h3-10H,2,11-15H2,1H3,(H2,25,26,28,29,30). The number of ether oxygens (including phenoxy) is 4.